The van der Waals surface area contributed by atoms with E-state index >= 15 is 0 Å². The lowest BCUT2D eigenvalue weighted by atomic mass is 9.95. The summed E-state index contributed by atoms with van der Waals surface area (Å²) in [5.74, 6) is 0.343. The maximum absolute atomic E-state index is 12.5. The highest BCUT2D eigenvalue weighted by atomic mass is 16.2. The minimum atomic E-state index is -0.173. The summed E-state index contributed by atoms with van der Waals surface area (Å²) in [4.78, 5) is 14.6. The lowest BCUT2D eigenvalue weighted by molar-refractivity contribution is -0.125. The van der Waals surface area contributed by atoms with Gasteiger partial charge in [0.15, 0.2) is 0 Å². The zero-order chi connectivity index (χ0) is 16.9. The fourth-order valence-electron chi connectivity index (χ4n) is 3.33. The fourth-order valence-corrected chi connectivity index (χ4v) is 3.33. The molecule has 0 saturated carbocycles. The number of nitrogens with one attached hydrogen (secondary N) is 1. The summed E-state index contributed by atoms with van der Waals surface area (Å²) >= 11 is 0. The Labute approximate surface area is 143 Å². The molecule has 0 spiro atoms. The number of rotatable bonds is 5. The lowest BCUT2D eigenvalue weighted by Crippen LogP contribution is -2.44. The van der Waals surface area contributed by atoms with Gasteiger partial charge in [-0.05, 0) is 18.1 Å². The Balaban J connectivity index is 1.57. The van der Waals surface area contributed by atoms with Crippen LogP contribution in [0.4, 0.5) is 0 Å². The van der Waals surface area contributed by atoms with Crippen LogP contribution >= 0.6 is 0 Å². The van der Waals surface area contributed by atoms with Gasteiger partial charge in [-0.3, -0.25) is 9.69 Å². The molecule has 3 atom stereocenters. The monoisotopic (exact) mass is 323 g/mol. The van der Waals surface area contributed by atoms with E-state index in [2.05, 4.69) is 22.3 Å². The van der Waals surface area contributed by atoms with E-state index in [0.29, 0.717) is 6.54 Å². The Bertz CT molecular complexity index is 659. The van der Waals surface area contributed by atoms with Crippen molar-refractivity contribution in [1.82, 2.24) is 10.2 Å². The topological polar surface area (TPSA) is 58.4 Å². The number of amides is 1. The molecule has 1 aliphatic heterocycles. The van der Waals surface area contributed by atoms with Crippen molar-refractivity contribution in [2.75, 3.05) is 13.1 Å². The minimum absolute atomic E-state index is 0.0553. The van der Waals surface area contributed by atoms with Crippen molar-refractivity contribution in [3.8, 4) is 0 Å². The number of hydrogen-bond donors (Lipinski definition) is 2. The molecule has 2 aromatic rings. The highest BCUT2D eigenvalue weighted by molar-refractivity contribution is 5.81. The summed E-state index contributed by atoms with van der Waals surface area (Å²) in [6.07, 6.45) is 0. The van der Waals surface area contributed by atoms with Gasteiger partial charge in [0.05, 0.1) is 6.04 Å². The molecule has 1 aliphatic rings. The first-order chi connectivity index (χ1) is 11.6. The van der Waals surface area contributed by atoms with Crippen LogP contribution in [-0.2, 0) is 11.3 Å². The Morgan fingerprint density at radius 3 is 2.42 bits per heavy atom. The van der Waals surface area contributed by atoms with Crippen LogP contribution in [0, 0.1) is 0 Å². The van der Waals surface area contributed by atoms with Gasteiger partial charge in [0.25, 0.3) is 0 Å². The molecule has 0 aliphatic carbocycles. The molecule has 0 radical (unpaired) electrons. The number of carbonyl (C=O) groups is 1. The van der Waals surface area contributed by atoms with E-state index in [0.717, 1.165) is 18.7 Å². The predicted molar refractivity (Wildman–Crippen MR) is 96.5 cm³/mol. The Morgan fingerprint density at radius 2 is 1.75 bits per heavy atom. The average molecular weight is 323 g/mol. The van der Waals surface area contributed by atoms with Crippen molar-refractivity contribution in [3.63, 3.8) is 0 Å². The molecule has 3 rings (SSSR count). The Morgan fingerprint density at radius 1 is 1.12 bits per heavy atom. The summed E-state index contributed by atoms with van der Waals surface area (Å²) in [6.45, 7) is 4.09. The quantitative estimate of drug-likeness (QED) is 0.886. The summed E-state index contributed by atoms with van der Waals surface area (Å²) in [7, 11) is 0. The second-order valence-corrected chi connectivity index (χ2v) is 6.51. The third-order valence-corrected chi connectivity index (χ3v) is 4.86. The molecule has 1 amide bonds. The molecule has 4 nitrogen and oxygen atoms in total. The first-order valence-corrected chi connectivity index (χ1v) is 8.51. The van der Waals surface area contributed by atoms with Gasteiger partial charge >= 0.3 is 0 Å². The van der Waals surface area contributed by atoms with Gasteiger partial charge in [-0.1, -0.05) is 60.7 Å². The molecule has 1 fully saturated rings. The van der Waals surface area contributed by atoms with Crippen molar-refractivity contribution in [3.05, 3.63) is 71.8 Å². The summed E-state index contributed by atoms with van der Waals surface area (Å²) in [5, 5.41) is 3.02. The van der Waals surface area contributed by atoms with Gasteiger partial charge in [-0.2, -0.15) is 0 Å². The molecule has 1 heterocycles. The Hall–Kier alpha value is -2.17. The molecular weight excluding hydrogens is 298 g/mol. The first kappa shape index (κ1) is 16.7. The molecule has 1 saturated heterocycles. The summed E-state index contributed by atoms with van der Waals surface area (Å²) in [5.41, 5.74) is 8.69. The highest BCUT2D eigenvalue weighted by Gasteiger charge is 2.35. The maximum Gasteiger partial charge on any atom is 0.237 e. The first-order valence-electron chi connectivity index (χ1n) is 8.51. The largest absolute Gasteiger partial charge is 0.351 e. The fraction of sp³-hybridized carbons (Fsp3) is 0.350. The van der Waals surface area contributed by atoms with Gasteiger partial charge < -0.3 is 11.1 Å². The van der Waals surface area contributed by atoms with E-state index in [1.807, 2.05) is 55.5 Å². The summed E-state index contributed by atoms with van der Waals surface area (Å²) in [6, 6.07) is 20.2. The van der Waals surface area contributed by atoms with Crippen LogP contribution in [-0.4, -0.2) is 36.0 Å². The van der Waals surface area contributed by atoms with Crippen LogP contribution in [0.25, 0.3) is 0 Å². The smallest absolute Gasteiger partial charge is 0.237 e. The second-order valence-electron chi connectivity index (χ2n) is 6.51. The third-order valence-electron chi connectivity index (χ3n) is 4.86. The van der Waals surface area contributed by atoms with E-state index in [-0.39, 0.29) is 23.9 Å². The van der Waals surface area contributed by atoms with Crippen LogP contribution in [0.5, 0.6) is 0 Å². The normalized spacial score (nSPS) is 22.2. The van der Waals surface area contributed by atoms with Crippen molar-refractivity contribution in [2.45, 2.75) is 31.5 Å². The number of likely N-dealkylation sites (tertiary alicyclic amines) is 1. The van der Waals surface area contributed by atoms with E-state index in [1.165, 1.54) is 5.56 Å². The molecule has 24 heavy (non-hydrogen) atoms. The van der Waals surface area contributed by atoms with E-state index in [9.17, 15) is 4.79 Å². The highest BCUT2D eigenvalue weighted by Crippen LogP contribution is 2.27. The van der Waals surface area contributed by atoms with Crippen molar-refractivity contribution in [2.24, 2.45) is 5.73 Å². The van der Waals surface area contributed by atoms with E-state index in [1.54, 1.807) is 0 Å². The van der Waals surface area contributed by atoms with Crippen molar-refractivity contribution in [1.29, 1.82) is 0 Å². The van der Waals surface area contributed by atoms with Crippen molar-refractivity contribution < 1.29 is 4.79 Å². The van der Waals surface area contributed by atoms with Gasteiger partial charge in [-0.15, -0.1) is 0 Å². The lowest BCUT2D eigenvalue weighted by Gasteiger charge is -2.23. The number of hydrogen-bond acceptors (Lipinski definition) is 3. The molecule has 0 aromatic heterocycles. The molecule has 2 aromatic carbocycles. The zero-order valence-electron chi connectivity index (χ0n) is 14.1. The van der Waals surface area contributed by atoms with Crippen LogP contribution < -0.4 is 11.1 Å². The van der Waals surface area contributed by atoms with Gasteiger partial charge in [0, 0.05) is 31.6 Å². The molecule has 0 bridgehead atoms. The zero-order valence-corrected chi connectivity index (χ0v) is 14.1. The second kappa shape index (κ2) is 7.60. The maximum atomic E-state index is 12.5. The van der Waals surface area contributed by atoms with Crippen LogP contribution in [0.2, 0.25) is 0 Å². The predicted octanol–water partition coefficient (Wildman–Crippen LogP) is 2.12. The number of nitrogens with two attached hydrogens (primary N) is 1. The SMILES string of the molecule is CC(C(=O)NCc1ccccc1)N1C[C@@H](N)[C@H](c2ccccc2)C1. The number of benzene rings is 2. The van der Waals surface area contributed by atoms with Crippen LogP contribution in [0.3, 0.4) is 0 Å². The molecule has 126 valence electrons. The standard InChI is InChI=1S/C20H25N3O/c1-15(20(24)22-12-16-8-4-2-5-9-16)23-13-18(19(21)14-23)17-10-6-3-7-11-17/h2-11,15,18-19H,12-14,21H2,1H3,(H,22,24)/t15?,18-,19+/m0/s1. The minimum Gasteiger partial charge on any atom is -0.351 e. The molecule has 1 unspecified atom stereocenters. The van der Waals surface area contributed by atoms with Crippen molar-refractivity contribution >= 4 is 5.91 Å². The number of carbonyl (C=O) groups excluding carboxylic acids is 1. The van der Waals surface area contributed by atoms with Gasteiger partial charge in [-0.25, -0.2) is 0 Å². The van der Waals surface area contributed by atoms with E-state index < -0.39 is 0 Å². The molecular formula is C20H25N3O. The Kier molecular flexibility index (Phi) is 5.28. The van der Waals surface area contributed by atoms with E-state index in [4.69, 9.17) is 5.73 Å². The molecule has 4 heteroatoms. The van der Waals surface area contributed by atoms with Gasteiger partial charge in [0.1, 0.15) is 0 Å². The number of nitrogens with zero attached hydrogens (tertiary/aromatic N) is 1. The van der Waals surface area contributed by atoms with Gasteiger partial charge in [0.2, 0.25) is 5.91 Å². The van der Waals surface area contributed by atoms with Crippen LogP contribution in [0.15, 0.2) is 60.7 Å². The average Bonchev–Trinajstić information content (AvgIpc) is 3.02. The van der Waals surface area contributed by atoms with Crippen LogP contribution in [0.1, 0.15) is 24.0 Å². The summed E-state index contributed by atoms with van der Waals surface area (Å²) < 4.78 is 0. The third kappa shape index (κ3) is 3.83. The molecule has 3 N–H and O–H groups in total.